The first-order chi connectivity index (χ1) is 9.00. The molecule has 1 saturated heterocycles. The molecule has 0 spiro atoms. The summed E-state index contributed by atoms with van der Waals surface area (Å²) in [5.41, 5.74) is 1.81. The molecule has 3 nitrogen and oxygen atoms in total. The van der Waals surface area contributed by atoms with Crippen LogP contribution in [0.2, 0.25) is 0 Å². The molecule has 1 amide bonds. The smallest absolute Gasteiger partial charge is 0.230 e. The Morgan fingerprint density at radius 3 is 2.50 bits per heavy atom. The van der Waals surface area contributed by atoms with Crippen molar-refractivity contribution in [2.45, 2.75) is 45.1 Å². The SMILES string of the molecule is Cc1ccc(C(C)(C)C(=O)N[C@H]2CCCNC2)cc1.Cl. The summed E-state index contributed by atoms with van der Waals surface area (Å²) in [5, 5.41) is 6.49. The number of carbonyl (C=O) groups is 1. The van der Waals surface area contributed by atoms with E-state index in [1.807, 2.05) is 26.0 Å². The maximum Gasteiger partial charge on any atom is 0.230 e. The maximum absolute atomic E-state index is 12.5. The van der Waals surface area contributed by atoms with Crippen molar-refractivity contribution in [3.05, 3.63) is 35.4 Å². The van der Waals surface area contributed by atoms with Crippen molar-refractivity contribution in [1.82, 2.24) is 10.6 Å². The number of benzene rings is 1. The summed E-state index contributed by atoms with van der Waals surface area (Å²) in [6.45, 7) is 7.99. The van der Waals surface area contributed by atoms with Gasteiger partial charge in [-0.25, -0.2) is 0 Å². The first-order valence-electron chi connectivity index (χ1n) is 7.09. The van der Waals surface area contributed by atoms with Crippen LogP contribution in [0.25, 0.3) is 0 Å². The van der Waals surface area contributed by atoms with E-state index in [0.717, 1.165) is 31.5 Å². The highest BCUT2D eigenvalue weighted by Gasteiger charge is 2.31. The third-order valence-corrected chi connectivity index (χ3v) is 3.97. The Balaban J connectivity index is 0.00000200. The van der Waals surface area contributed by atoms with E-state index < -0.39 is 5.41 Å². The number of hydrogen-bond acceptors (Lipinski definition) is 2. The zero-order valence-corrected chi connectivity index (χ0v) is 13.3. The summed E-state index contributed by atoms with van der Waals surface area (Å²) >= 11 is 0. The molecule has 0 aromatic heterocycles. The molecule has 20 heavy (non-hydrogen) atoms. The predicted molar refractivity (Wildman–Crippen MR) is 85.5 cm³/mol. The van der Waals surface area contributed by atoms with Gasteiger partial charge in [0, 0.05) is 12.6 Å². The second-order valence-corrected chi connectivity index (χ2v) is 6.01. The van der Waals surface area contributed by atoms with Crippen LogP contribution in [0.1, 0.15) is 37.8 Å². The molecule has 1 atom stereocenters. The number of aryl methyl sites for hydroxylation is 1. The van der Waals surface area contributed by atoms with Crippen LogP contribution in [0, 0.1) is 6.92 Å². The molecule has 1 aromatic rings. The third kappa shape index (κ3) is 3.97. The molecule has 2 rings (SSSR count). The quantitative estimate of drug-likeness (QED) is 0.900. The van der Waals surface area contributed by atoms with Crippen molar-refractivity contribution in [2.24, 2.45) is 0 Å². The molecule has 0 saturated carbocycles. The topological polar surface area (TPSA) is 41.1 Å². The molecule has 1 aromatic carbocycles. The molecule has 0 bridgehead atoms. The molecular weight excluding hydrogens is 272 g/mol. The Labute approximate surface area is 127 Å². The minimum Gasteiger partial charge on any atom is -0.351 e. The van der Waals surface area contributed by atoms with Gasteiger partial charge in [0.15, 0.2) is 0 Å². The van der Waals surface area contributed by atoms with Crippen LogP contribution < -0.4 is 10.6 Å². The van der Waals surface area contributed by atoms with Gasteiger partial charge in [-0.2, -0.15) is 0 Å². The van der Waals surface area contributed by atoms with Gasteiger partial charge in [0.1, 0.15) is 0 Å². The van der Waals surface area contributed by atoms with Crippen LogP contribution in [0.4, 0.5) is 0 Å². The molecule has 0 unspecified atom stereocenters. The van der Waals surface area contributed by atoms with Gasteiger partial charge >= 0.3 is 0 Å². The fourth-order valence-electron chi connectivity index (χ4n) is 2.44. The normalized spacial score (nSPS) is 19.1. The lowest BCUT2D eigenvalue weighted by Crippen LogP contribution is -2.50. The third-order valence-electron chi connectivity index (χ3n) is 3.97. The van der Waals surface area contributed by atoms with E-state index in [1.54, 1.807) is 0 Å². The molecule has 1 heterocycles. The van der Waals surface area contributed by atoms with Gasteiger partial charge in [0.25, 0.3) is 0 Å². The first-order valence-corrected chi connectivity index (χ1v) is 7.09. The number of amides is 1. The van der Waals surface area contributed by atoms with Crippen LogP contribution in [-0.4, -0.2) is 25.0 Å². The number of nitrogens with one attached hydrogen (secondary N) is 2. The summed E-state index contributed by atoms with van der Waals surface area (Å²) in [7, 11) is 0. The Bertz CT molecular complexity index is 436. The van der Waals surface area contributed by atoms with Crippen molar-refractivity contribution in [1.29, 1.82) is 0 Å². The second kappa shape index (κ2) is 7.09. The number of rotatable bonds is 3. The molecule has 112 valence electrons. The summed E-state index contributed by atoms with van der Waals surface area (Å²) < 4.78 is 0. The summed E-state index contributed by atoms with van der Waals surface area (Å²) in [4.78, 5) is 12.5. The molecule has 2 N–H and O–H groups in total. The van der Waals surface area contributed by atoms with Crippen LogP contribution >= 0.6 is 12.4 Å². The molecule has 1 aliphatic heterocycles. The fraction of sp³-hybridized carbons (Fsp3) is 0.562. The zero-order chi connectivity index (χ0) is 13.9. The van der Waals surface area contributed by atoms with E-state index in [4.69, 9.17) is 0 Å². The lowest BCUT2D eigenvalue weighted by atomic mass is 9.83. The lowest BCUT2D eigenvalue weighted by molar-refractivity contribution is -0.126. The molecular formula is C16H25ClN2O. The molecule has 1 fully saturated rings. The van der Waals surface area contributed by atoms with E-state index in [9.17, 15) is 4.79 Å². The first kappa shape index (κ1) is 17.0. The maximum atomic E-state index is 12.5. The van der Waals surface area contributed by atoms with Crippen molar-refractivity contribution in [3.8, 4) is 0 Å². The Hall–Kier alpha value is -1.06. The number of carbonyl (C=O) groups excluding carboxylic acids is 1. The monoisotopic (exact) mass is 296 g/mol. The standard InChI is InChI=1S/C16H24N2O.ClH/c1-12-6-8-13(9-7-12)16(2,3)15(19)18-14-5-4-10-17-11-14;/h6-9,14,17H,4-5,10-11H2,1-3H3,(H,18,19);1H/t14-;/m0./s1. The van der Waals surface area contributed by atoms with Crippen LogP contribution in [-0.2, 0) is 10.2 Å². The fourth-order valence-corrected chi connectivity index (χ4v) is 2.44. The van der Waals surface area contributed by atoms with Crippen molar-refractivity contribution in [3.63, 3.8) is 0 Å². The van der Waals surface area contributed by atoms with Gasteiger partial charge in [0.05, 0.1) is 5.41 Å². The van der Waals surface area contributed by atoms with E-state index in [0.29, 0.717) is 0 Å². The van der Waals surface area contributed by atoms with Gasteiger partial charge in [-0.15, -0.1) is 12.4 Å². The average Bonchev–Trinajstić information content (AvgIpc) is 2.40. The summed E-state index contributed by atoms with van der Waals surface area (Å²) in [5.74, 6) is 0.116. The molecule has 0 aliphatic carbocycles. The molecule has 0 radical (unpaired) electrons. The predicted octanol–water partition coefficient (Wildman–Crippen LogP) is 2.56. The average molecular weight is 297 g/mol. The van der Waals surface area contributed by atoms with Crippen molar-refractivity contribution >= 4 is 18.3 Å². The highest BCUT2D eigenvalue weighted by Crippen LogP contribution is 2.24. The van der Waals surface area contributed by atoms with Gasteiger partial charge in [-0.3, -0.25) is 4.79 Å². The Kier molecular flexibility index (Phi) is 6.03. The van der Waals surface area contributed by atoms with Crippen LogP contribution in [0.15, 0.2) is 24.3 Å². The largest absolute Gasteiger partial charge is 0.351 e. The van der Waals surface area contributed by atoms with E-state index in [-0.39, 0.29) is 24.4 Å². The van der Waals surface area contributed by atoms with E-state index in [2.05, 4.69) is 29.7 Å². The van der Waals surface area contributed by atoms with E-state index >= 15 is 0 Å². The molecule has 4 heteroatoms. The van der Waals surface area contributed by atoms with Crippen molar-refractivity contribution in [2.75, 3.05) is 13.1 Å². The minimum atomic E-state index is -0.481. The van der Waals surface area contributed by atoms with Gasteiger partial charge in [-0.05, 0) is 45.7 Å². The van der Waals surface area contributed by atoms with E-state index in [1.165, 1.54) is 5.56 Å². The highest BCUT2D eigenvalue weighted by atomic mass is 35.5. The van der Waals surface area contributed by atoms with Crippen LogP contribution in [0.3, 0.4) is 0 Å². The second-order valence-electron chi connectivity index (χ2n) is 6.01. The Morgan fingerprint density at radius 1 is 1.30 bits per heavy atom. The summed E-state index contributed by atoms with van der Waals surface area (Å²) in [6, 6.07) is 8.49. The summed E-state index contributed by atoms with van der Waals surface area (Å²) in [6.07, 6.45) is 2.21. The van der Waals surface area contributed by atoms with Gasteiger partial charge in [-0.1, -0.05) is 29.8 Å². The number of halogens is 1. The lowest BCUT2D eigenvalue weighted by Gasteiger charge is -2.30. The minimum absolute atomic E-state index is 0. The van der Waals surface area contributed by atoms with Gasteiger partial charge in [0.2, 0.25) is 5.91 Å². The van der Waals surface area contributed by atoms with Gasteiger partial charge < -0.3 is 10.6 Å². The highest BCUT2D eigenvalue weighted by molar-refractivity contribution is 5.87. The number of hydrogen-bond donors (Lipinski definition) is 2. The number of piperidine rings is 1. The zero-order valence-electron chi connectivity index (χ0n) is 12.5. The van der Waals surface area contributed by atoms with Crippen molar-refractivity contribution < 1.29 is 4.79 Å². The van der Waals surface area contributed by atoms with Crippen LogP contribution in [0.5, 0.6) is 0 Å². The molecule has 1 aliphatic rings. The Morgan fingerprint density at radius 2 is 1.95 bits per heavy atom.